The molecule has 0 aliphatic carbocycles. The van der Waals surface area contributed by atoms with Gasteiger partial charge in [0.2, 0.25) is 0 Å². The van der Waals surface area contributed by atoms with Gasteiger partial charge in [0, 0.05) is 12.4 Å². The number of aryl methyl sites for hydroxylation is 1. The summed E-state index contributed by atoms with van der Waals surface area (Å²) in [7, 11) is 1.67. The molecule has 1 aromatic heterocycles. The molecule has 0 radical (unpaired) electrons. The molecule has 0 saturated carbocycles. The van der Waals surface area contributed by atoms with E-state index in [1.807, 2.05) is 43.0 Å². The van der Waals surface area contributed by atoms with Crippen LogP contribution in [0.2, 0.25) is 0 Å². The lowest BCUT2D eigenvalue weighted by molar-refractivity contribution is 0.333. The zero-order valence-electron chi connectivity index (χ0n) is 11.6. The molecule has 0 bridgehead atoms. The third kappa shape index (κ3) is 2.71. The molecule has 5 heteroatoms. The van der Waals surface area contributed by atoms with Gasteiger partial charge in [-0.2, -0.15) is 0 Å². The van der Waals surface area contributed by atoms with Crippen LogP contribution in [0.15, 0.2) is 29.7 Å². The maximum atomic E-state index is 5.75. The molecule has 2 rings (SSSR count). The zero-order valence-corrected chi connectivity index (χ0v) is 12.5. The van der Waals surface area contributed by atoms with Crippen molar-refractivity contribution < 1.29 is 9.47 Å². The van der Waals surface area contributed by atoms with Crippen LogP contribution in [0.5, 0.6) is 11.5 Å². The molecule has 0 atom stereocenters. The van der Waals surface area contributed by atoms with Crippen LogP contribution in [-0.4, -0.2) is 29.5 Å². The van der Waals surface area contributed by atoms with Crippen LogP contribution in [0.4, 0.5) is 0 Å². The van der Waals surface area contributed by atoms with Gasteiger partial charge in [-0.25, -0.2) is 4.98 Å². The topological polar surface area (TPSA) is 36.3 Å². The molecule has 0 spiro atoms. The van der Waals surface area contributed by atoms with E-state index in [2.05, 4.69) is 4.98 Å². The Kier molecular flexibility index (Phi) is 4.37. The third-order valence-electron chi connectivity index (χ3n) is 2.73. The fraction of sp³-hybridized carbons (Fsp3) is 0.357. The van der Waals surface area contributed by atoms with E-state index in [4.69, 9.17) is 9.47 Å². The number of methoxy groups -OCH3 is 1. The first-order chi connectivity index (χ1) is 9.21. The number of nitrogens with zero attached hydrogens (tertiary/aromatic N) is 2. The van der Waals surface area contributed by atoms with Crippen molar-refractivity contribution in [3.63, 3.8) is 0 Å². The molecular weight excluding hydrogens is 260 g/mol. The van der Waals surface area contributed by atoms with Gasteiger partial charge in [-0.3, -0.25) is 4.57 Å². The summed E-state index contributed by atoms with van der Waals surface area (Å²) in [6.45, 7) is 4.61. The Morgan fingerprint density at radius 1 is 1.32 bits per heavy atom. The maximum Gasteiger partial charge on any atom is 0.172 e. The minimum absolute atomic E-state index is 0.614. The van der Waals surface area contributed by atoms with E-state index in [9.17, 15) is 0 Å². The predicted octanol–water partition coefficient (Wildman–Crippen LogP) is 3.31. The summed E-state index contributed by atoms with van der Waals surface area (Å²) < 4.78 is 13.2. The minimum Gasteiger partial charge on any atom is -0.494 e. The van der Waals surface area contributed by atoms with Gasteiger partial charge < -0.3 is 9.47 Å². The lowest BCUT2D eigenvalue weighted by atomic mass is 10.2. The minimum atomic E-state index is 0.614. The quantitative estimate of drug-likeness (QED) is 0.786. The first-order valence-corrected chi connectivity index (χ1v) is 7.32. The van der Waals surface area contributed by atoms with Crippen molar-refractivity contribution in [3.05, 3.63) is 30.1 Å². The summed E-state index contributed by atoms with van der Waals surface area (Å²) in [6.07, 6.45) is 5.70. The summed E-state index contributed by atoms with van der Waals surface area (Å²) in [5, 5.41) is 0.906. The number of benzene rings is 1. The van der Waals surface area contributed by atoms with Gasteiger partial charge in [0.05, 0.1) is 13.7 Å². The maximum absolute atomic E-state index is 5.75. The van der Waals surface area contributed by atoms with Crippen molar-refractivity contribution in [1.82, 2.24) is 9.55 Å². The standard InChI is InChI=1S/C14H18N2O2S/c1-5-18-12-9-10(2)8-11(17-3)13(12)16-7-6-15-14(16)19-4/h6-9H,5H2,1-4H3. The van der Waals surface area contributed by atoms with Gasteiger partial charge >= 0.3 is 0 Å². The molecule has 2 aromatic rings. The molecule has 0 aliphatic heterocycles. The largest absolute Gasteiger partial charge is 0.494 e. The van der Waals surface area contributed by atoms with Crippen molar-refractivity contribution in [2.75, 3.05) is 20.0 Å². The molecule has 0 unspecified atom stereocenters. The monoisotopic (exact) mass is 278 g/mol. The molecule has 102 valence electrons. The van der Waals surface area contributed by atoms with Crippen LogP contribution < -0.4 is 9.47 Å². The van der Waals surface area contributed by atoms with Gasteiger partial charge in [0.1, 0.15) is 17.2 Å². The number of ether oxygens (including phenoxy) is 2. The number of hydrogen-bond donors (Lipinski definition) is 0. The van der Waals surface area contributed by atoms with Gasteiger partial charge in [-0.05, 0) is 37.8 Å². The van der Waals surface area contributed by atoms with E-state index in [1.54, 1.807) is 25.1 Å². The lowest BCUT2D eigenvalue weighted by Crippen LogP contribution is -2.04. The molecule has 0 saturated heterocycles. The van der Waals surface area contributed by atoms with Crippen LogP contribution in [-0.2, 0) is 0 Å². The highest BCUT2D eigenvalue weighted by atomic mass is 32.2. The number of aromatic nitrogens is 2. The first-order valence-electron chi connectivity index (χ1n) is 6.10. The Morgan fingerprint density at radius 3 is 2.68 bits per heavy atom. The van der Waals surface area contributed by atoms with Gasteiger partial charge in [-0.1, -0.05) is 11.8 Å². The average molecular weight is 278 g/mol. The Hall–Kier alpha value is -1.62. The van der Waals surface area contributed by atoms with Crippen LogP contribution in [0, 0.1) is 6.92 Å². The van der Waals surface area contributed by atoms with E-state index in [1.165, 1.54) is 0 Å². The Morgan fingerprint density at radius 2 is 2.05 bits per heavy atom. The van der Waals surface area contributed by atoms with Crippen molar-refractivity contribution >= 4 is 11.8 Å². The Bertz CT molecular complexity index is 567. The lowest BCUT2D eigenvalue weighted by Gasteiger charge is -2.17. The molecule has 4 nitrogen and oxygen atoms in total. The van der Waals surface area contributed by atoms with Crippen LogP contribution in [0.25, 0.3) is 5.69 Å². The number of hydrogen-bond acceptors (Lipinski definition) is 4. The summed E-state index contributed by atoms with van der Waals surface area (Å²) in [5.74, 6) is 1.60. The SMILES string of the molecule is CCOc1cc(C)cc(OC)c1-n1ccnc1SC. The van der Waals surface area contributed by atoms with Gasteiger partial charge in [0.25, 0.3) is 0 Å². The third-order valence-corrected chi connectivity index (χ3v) is 3.40. The zero-order chi connectivity index (χ0) is 13.8. The first kappa shape index (κ1) is 13.8. The van der Waals surface area contributed by atoms with Crippen molar-refractivity contribution in [2.45, 2.75) is 19.0 Å². The second-order valence-electron chi connectivity index (χ2n) is 4.03. The molecule has 0 fully saturated rings. The number of rotatable bonds is 5. The smallest absolute Gasteiger partial charge is 0.172 e. The molecule has 1 heterocycles. The van der Waals surface area contributed by atoms with Crippen molar-refractivity contribution in [1.29, 1.82) is 0 Å². The molecule has 0 N–H and O–H groups in total. The van der Waals surface area contributed by atoms with Crippen molar-refractivity contribution in [3.8, 4) is 17.2 Å². The predicted molar refractivity (Wildman–Crippen MR) is 77.8 cm³/mol. The molecule has 1 aromatic carbocycles. The molecular formula is C14H18N2O2S. The van der Waals surface area contributed by atoms with E-state index < -0.39 is 0 Å². The Balaban J connectivity index is 2.65. The summed E-state index contributed by atoms with van der Waals surface area (Å²) in [5.41, 5.74) is 2.01. The van der Waals surface area contributed by atoms with E-state index >= 15 is 0 Å². The fourth-order valence-corrected chi connectivity index (χ4v) is 2.50. The second-order valence-corrected chi connectivity index (χ2v) is 4.80. The van der Waals surface area contributed by atoms with Crippen LogP contribution in [0.1, 0.15) is 12.5 Å². The average Bonchev–Trinajstić information content (AvgIpc) is 2.86. The highest BCUT2D eigenvalue weighted by Gasteiger charge is 2.16. The van der Waals surface area contributed by atoms with Crippen LogP contribution in [0.3, 0.4) is 0 Å². The van der Waals surface area contributed by atoms with E-state index in [0.717, 1.165) is 27.9 Å². The highest BCUT2D eigenvalue weighted by Crippen LogP contribution is 2.36. The van der Waals surface area contributed by atoms with Gasteiger partial charge in [0.15, 0.2) is 5.16 Å². The normalized spacial score (nSPS) is 10.5. The highest BCUT2D eigenvalue weighted by molar-refractivity contribution is 7.98. The molecule has 0 amide bonds. The van der Waals surface area contributed by atoms with Gasteiger partial charge in [-0.15, -0.1) is 0 Å². The van der Waals surface area contributed by atoms with Crippen molar-refractivity contribution in [2.24, 2.45) is 0 Å². The second kappa shape index (κ2) is 6.02. The number of thioether (sulfide) groups is 1. The number of imidazole rings is 1. The summed E-state index contributed by atoms with van der Waals surface area (Å²) in [6, 6.07) is 4.02. The molecule has 19 heavy (non-hydrogen) atoms. The van der Waals surface area contributed by atoms with E-state index in [-0.39, 0.29) is 0 Å². The summed E-state index contributed by atoms with van der Waals surface area (Å²) >= 11 is 1.59. The summed E-state index contributed by atoms with van der Waals surface area (Å²) in [4.78, 5) is 4.32. The van der Waals surface area contributed by atoms with E-state index in [0.29, 0.717) is 6.61 Å². The fourth-order valence-electron chi connectivity index (χ4n) is 1.98. The van der Waals surface area contributed by atoms with Crippen LogP contribution >= 0.6 is 11.8 Å². The molecule has 0 aliphatic rings. The Labute approximate surface area is 117 Å².